The van der Waals surface area contributed by atoms with E-state index in [1.54, 1.807) is 42.3 Å². The molecule has 5 nitrogen and oxygen atoms in total. The van der Waals surface area contributed by atoms with Gasteiger partial charge in [0.2, 0.25) is 0 Å². The number of amides is 1. The lowest BCUT2D eigenvalue weighted by Gasteiger charge is -2.09. The molecule has 0 unspecified atom stereocenters. The van der Waals surface area contributed by atoms with Crippen molar-refractivity contribution in [2.75, 3.05) is 12.4 Å². The number of nitrogens with one attached hydrogen (secondary N) is 1. The van der Waals surface area contributed by atoms with Gasteiger partial charge >= 0.3 is 0 Å². The monoisotopic (exact) mass is 307 g/mol. The summed E-state index contributed by atoms with van der Waals surface area (Å²) in [6, 6.07) is 16.9. The molecule has 1 N–H and O–H groups in total. The lowest BCUT2D eigenvalue weighted by Crippen LogP contribution is -2.12. The Kier molecular flexibility index (Phi) is 4.10. The van der Waals surface area contributed by atoms with E-state index < -0.39 is 0 Å². The Morgan fingerprint density at radius 1 is 1.13 bits per heavy atom. The zero-order valence-corrected chi connectivity index (χ0v) is 13.0. The first kappa shape index (κ1) is 14.8. The molecule has 0 saturated carbocycles. The minimum atomic E-state index is -0.200. The maximum Gasteiger partial charge on any atom is 0.255 e. The molecule has 3 rings (SSSR count). The van der Waals surface area contributed by atoms with Crippen LogP contribution >= 0.6 is 0 Å². The van der Waals surface area contributed by atoms with Gasteiger partial charge < -0.3 is 10.1 Å². The highest BCUT2D eigenvalue weighted by Gasteiger charge is 2.14. The normalized spacial score (nSPS) is 10.3. The lowest BCUT2D eigenvalue weighted by molar-refractivity contribution is 0.102. The third-order valence-electron chi connectivity index (χ3n) is 3.57. The zero-order chi connectivity index (χ0) is 16.2. The molecule has 0 aliphatic heterocycles. The standard InChI is InChI=1S/C18H17N3O2/c1-21-17(13-7-4-3-5-8-13)16(12-19-21)20-18(22)14-9-6-10-15(11-14)23-2/h3-12H,1-2H3,(H,20,22). The number of aromatic nitrogens is 2. The molecule has 3 aromatic rings. The van der Waals surface area contributed by atoms with Crippen LogP contribution < -0.4 is 10.1 Å². The summed E-state index contributed by atoms with van der Waals surface area (Å²) in [6.45, 7) is 0. The number of benzene rings is 2. The number of carbonyl (C=O) groups excluding carboxylic acids is 1. The number of methoxy groups -OCH3 is 1. The highest BCUT2D eigenvalue weighted by molar-refractivity contribution is 6.06. The summed E-state index contributed by atoms with van der Waals surface area (Å²) in [5.41, 5.74) is 3.06. The molecule has 0 bridgehead atoms. The first-order valence-electron chi connectivity index (χ1n) is 7.22. The predicted octanol–water partition coefficient (Wildman–Crippen LogP) is 3.35. The van der Waals surface area contributed by atoms with Gasteiger partial charge in [0.1, 0.15) is 5.75 Å². The molecule has 0 spiro atoms. The first-order chi connectivity index (χ1) is 11.2. The quantitative estimate of drug-likeness (QED) is 0.804. The van der Waals surface area contributed by atoms with Gasteiger partial charge in [-0.3, -0.25) is 9.48 Å². The van der Waals surface area contributed by atoms with E-state index in [9.17, 15) is 4.79 Å². The third kappa shape index (κ3) is 3.08. The number of nitrogens with zero attached hydrogens (tertiary/aromatic N) is 2. The summed E-state index contributed by atoms with van der Waals surface area (Å²) >= 11 is 0. The van der Waals surface area contributed by atoms with Gasteiger partial charge in [0, 0.05) is 18.2 Å². The number of ether oxygens (including phenoxy) is 1. The van der Waals surface area contributed by atoms with Gasteiger partial charge in [0.05, 0.1) is 24.7 Å². The second kappa shape index (κ2) is 6.36. The first-order valence-corrected chi connectivity index (χ1v) is 7.22. The van der Waals surface area contributed by atoms with Gasteiger partial charge in [-0.15, -0.1) is 0 Å². The topological polar surface area (TPSA) is 56.1 Å². The van der Waals surface area contributed by atoms with E-state index in [4.69, 9.17) is 4.74 Å². The summed E-state index contributed by atoms with van der Waals surface area (Å²) in [5.74, 6) is 0.446. The molecule has 0 fully saturated rings. The second-order valence-corrected chi connectivity index (χ2v) is 5.08. The molecule has 1 amide bonds. The molecule has 0 radical (unpaired) electrons. The van der Waals surface area contributed by atoms with E-state index in [1.807, 2.05) is 37.4 Å². The van der Waals surface area contributed by atoms with Crippen molar-refractivity contribution in [3.63, 3.8) is 0 Å². The van der Waals surface area contributed by atoms with Crippen molar-refractivity contribution in [3.05, 3.63) is 66.4 Å². The summed E-state index contributed by atoms with van der Waals surface area (Å²) in [5, 5.41) is 7.17. The van der Waals surface area contributed by atoms with Crippen molar-refractivity contribution in [3.8, 4) is 17.0 Å². The van der Waals surface area contributed by atoms with E-state index in [-0.39, 0.29) is 5.91 Å². The van der Waals surface area contributed by atoms with Crippen molar-refractivity contribution in [2.24, 2.45) is 7.05 Å². The van der Waals surface area contributed by atoms with E-state index in [0.717, 1.165) is 11.3 Å². The Morgan fingerprint density at radius 2 is 1.91 bits per heavy atom. The number of anilines is 1. The summed E-state index contributed by atoms with van der Waals surface area (Å²) in [7, 11) is 3.43. The number of hydrogen-bond acceptors (Lipinski definition) is 3. The fraction of sp³-hybridized carbons (Fsp3) is 0.111. The molecule has 2 aromatic carbocycles. The van der Waals surface area contributed by atoms with E-state index in [2.05, 4.69) is 10.4 Å². The molecule has 1 aromatic heterocycles. The molecule has 0 aliphatic carbocycles. The Labute approximate surface area is 134 Å². The van der Waals surface area contributed by atoms with Gasteiger partial charge in [0.15, 0.2) is 0 Å². The zero-order valence-electron chi connectivity index (χ0n) is 13.0. The van der Waals surface area contributed by atoms with Crippen LogP contribution in [0.5, 0.6) is 5.75 Å². The summed E-state index contributed by atoms with van der Waals surface area (Å²) in [4.78, 5) is 12.5. The van der Waals surface area contributed by atoms with Crippen molar-refractivity contribution in [1.29, 1.82) is 0 Å². The van der Waals surface area contributed by atoms with Crippen molar-refractivity contribution >= 4 is 11.6 Å². The predicted molar refractivity (Wildman–Crippen MR) is 89.6 cm³/mol. The molecule has 116 valence electrons. The van der Waals surface area contributed by atoms with Gasteiger partial charge in [-0.05, 0) is 18.2 Å². The third-order valence-corrected chi connectivity index (χ3v) is 3.57. The van der Waals surface area contributed by atoms with E-state index >= 15 is 0 Å². The number of carbonyl (C=O) groups is 1. The lowest BCUT2D eigenvalue weighted by atomic mass is 10.1. The van der Waals surface area contributed by atoms with Crippen LogP contribution in [0.1, 0.15) is 10.4 Å². The van der Waals surface area contributed by atoms with Crippen molar-refractivity contribution in [2.45, 2.75) is 0 Å². The number of hydrogen-bond donors (Lipinski definition) is 1. The average molecular weight is 307 g/mol. The molecule has 0 saturated heterocycles. The molecular formula is C18H17N3O2. The van der Waals surface area contributed by atoms with Gasteiger partial charge in [0.25, 0.3) is 5.91 Å². The number of aryl methyl sites for hydroxylation is 1. The van der Waals surface area contributed by atoms with Crippen LogP contribution in [0.4, 0.5) is 5.69 Å². The largest absolute Gasteiger partial charge is 0.497 e. The molecule has 0 atom stereocenters. The smallest absolute Gasteiger partial charge is 0.255 e. The molecule has 1 heterocycles. The maximum atomic E-state index is 12.5. The molecular weight excluding hydrogens is 290 g/mol. The van der Waals surface area contributed by atoms with Crippen LogP contribution in [0, 0.1) is 0 Å². The highest BCUT2D eigenvalue weighted by Crippen LogP contribution is 2.27. The van der Waals surface area contributed by atoms with Crippen LogP contribution in [-0.4, -0.2) is 22.8 Å². The average Bonchev–Trinajstić information content (AvgIpc) is 2.96. The van der Waals surface area contributed by atoms with Crippen LogP contribution in [0.2, 0.25) is 0 Å². The van der Waals surface area contributed by atoms with Gasteiger partial charge in [-0.1, -0.05) is 36.4 Å². The maximum absolute atomic E-state index is 12.5. The number of rotatable bonds is 4. The summed E-state index contributed by atoms with van der Waals surface area (Å²) in [6.07, 6.45) is 1.65. The SMILES string of the molecule is COc1cccc(C(=O)Nc2cnn(C)c2-c2ccccc2)c1. The Bertz CT molecular complexity index is 825. The Balaban J connectivity index is 1.90. The molecule has 23 heavy (non-hydrogen) atoms. The van der Waals surface area contributed by atoms with Crippen LogP contribution in [0.3, 0.4) is 0 Å². The van der Waals surface area contributed by atoms with E-state index in [0.29, 0.717) is 17.0 Å². The minimum Gasteiger partial charge on any atom is -0.497 e. The summed E-state index contributed by atoms with van der Waals surface area (Å²) < 4.78 is 6.90. The second-order valence-electron chi connectivity index (χ2n) is 5.08. The Morgan fingerprint density at radius 3 is 2.65 bits per heavy atom. The van der Waals surface area contributed by atoms with Crippen LogP contribution in [0.25, 0.3) is 11.3 Å². The van der Waals surface area contributed by atoms with Gasteiger partial charge in [-0.2, -0.15) is 5.10 Å². The Hall–Kier alpha value is -3.08. The fourth-order valence-electron chi connectivity index (χ4n) is 2.43. The van der Waals surface area contributed by atoms with Crippen LogP contribution in [0.15, 0.2) is 60.8 Å². The molecule has 0 aliphatic rings. The van der Waals surface area contributed by atoms with Crippen LogP contribution in [-0.2, 0) is 7.05 Å². The molecule has 5 heteroatoms. The fourth-order valence-corrected chi connectivity index (χ4v) is 2.43. The minimum absolute atomic E-state index is 0.200. The van der Waals surface area contributed by atoms with E-state index in [1.165, 1.54) is 0 Å². The van der Waals surface area contributed by atoms with Crippen molar-refractivity contribution in [1.82, 2.24) is 9.78 Å². The van der Waals surface area contributed by atoms with Crippen molar-refractivity contribution < 1.29 is 9.53 Å². The highest BCUT2D eigenvalue weighted by atomic mass is 16.5. The van der Waals surface area contributed by atoms with Gasteiger partial charge in [-0.25, -0.2) is 0 Å².